The molecule has 3 rings (SSSR count). The lowest BCUT2D eigenvalue weighted by Gasteiger charge is -2.23. The van der Waals surface area contributed by atoms with E-state index in [1.54, 1.807) is 30.1 Å². The Morgan fingerprint density at radius 1 is 1.11 bits per heavy atom. The summed E-state index contributed by atoms with van der Waals surface area (Å²) in [5.74, 6) is 0.0994. The van der Waals surface area contributed by atoms with Gasteiger partial charge in [0.15, 0.2) is 5.84 Å². The topological polar surface area (TPSA) is 83.3 Å². The van der Waals surface area contributed by atoms with Gasteiger partial charge in [0, 0.05) is 12.6 Å². The van der Waals surface area contributed by atoms with Crippen molar-refractivity contribution in [1.82, 2.24) is 10.2 Å². The van der Waals surface area contributed by atoms with E-state index in [0.717, 1.165) is 12.1 Å². The quantitative estimate of drug-likeness (QED) is 0.718. The number of hydrogen-bond donors (Lipinski definition) is 2. The van der Waals surface area contributed by atoms with Gasteiger partial charge in [-0.3, -0.25) is 4.79 Å². The predicted molar refractivity (Wildman–Crippen MR) is 108 cm³/mol. The molecule has 1 atom stereocenters. The van der Waals surface area contributed by atoms with Gasteiger partial charge in [-0.1, -0.05) is 42.5 Å². The van der Waals surface area contributed by atoms with Crippen molar-refractivity contribution >= 4 is 21.8 Å². The number of rotatable bonds is 6. The maximum Gasteiger partial charge on any atom is 0.285 e. The SMILES string of the molecule is CN(CC(=O)N[C@H](C[NH+](C)C)c1ccccc1)C1=NS(=O)(=O)c2ccccc21. The van der Waals surface area contributed by atoms with Crippen molar-refractivity contribution in [2.45, 2.75) is 10.9 Å². The Balaban J connectivity index is 1.74. The lowest BCUT2D eigenvalue weighted by atomic mass is 10.1. The first kappa shape index (κ1) is 20.0. The van der Waals surface area contributed by atoms with E-state index in [9.17, 15) is 13.2 Å². The Hall–Kier alpha value is -2.71. The van der Waals surface area contributed by atoms with Gasteiger partial charge in [-0.25, -0.2) is 0 Å². The highest BCUT2D eigenvalue weighted by Crippen LogP contribution is 2.26. The van der Waals surface area contributed by atoms with Crippen LogP contribution >= 0.6 is 0 Å². The number of carbonyl (C=O) groups excluding carboxylic acids is 1. The Labute approximate surface area is 165 Å². The second kappa shape index (κ2) is 8.12. The van der Waals surface area contributed by atoms with Crippen molar-refractivity contribution in [2.75, 3.05) is 34.2 Å². The minimum atomic E-state index is -3.71. The molecule has 0 bridgehead atoms. The molecule has 2 N–H and O–H groups in total. The Morgan fingerprint density at radius 3 is 2.43 bits per heavy atom. The standard InChI is InChI=1S/C20H24N4O3S/c1-23(2)13-17(15-9-5-4-6-10-15)21-19(25)14-24(3)20-16-11-7-8-12-18(16)28(26,27)22-20/h4-12,17H,13-14H2,1-3H3,(H,21,25)/p+1/t17-/m1/s1. The van der Waals surface area contributed by atoms with Crippen LogP contribution in [0.25, 0.3) is 0 Å². The fraction of sp³-hybridized carbons (Fsp3) is 0.300. The van der Waals surface area contributed by atoms with E-state index >= 15 is 0 Å². The van der Waals surface area contributed by atoms with Crippen LogP contribution in [0, 0.1) is 0 Å². The minimum absolute atomic E-state index is 0.00871. The third-order valence-electron chi connectivity index (χ3n) is 4.50. The van der Waals surface area contributed by atoms with Gasteiger partial charge in [0.25, 0.3) is 10.0 Å². The highest BCUT2D eigenvalue weighted by atomic mass is 32.2. The van der Waals surface area contributed by atoms with Gasteiger partial charge < -0.3 is 15.1 Å². The largest absolute Gasteiger partial charge is 0.349 e. The van der Waals surface area contributed by atoms with Crippen molar-refractivity contribution in [1.29, 1.82) is 0 Å². The molecule has 28 heavy (non-hydrogen) atoms. The molecule has 0 aliphatic carbocycles. The number of hydrogen-bond acceptors (Lipinski definition) is 4. The molecule has 1 aliphatic rings. The fourth-order valence-corrected chi connectivity index (χ4v) is 4.49. The number of benzene rings is 2. The van der Waals surface area contributed by atoms with E-state index in [1.165, 1.54) is 11.0 Å². The van der Waals surface area contributed by atoms with E-state index in [0.29, 0.717) is 11.4 Å². The van der Waals surface area contributed by atoms with Crippen LogP contribution in [-0.4, -0.2) is 59.3 Å². The Kier molecular flexibility index (Phi) is 5.81. The van der Waals surface area contributed by atoms with Crippen LogP contribution in [0.2, 0.25) is 0 Å². The van der Waals surface area contributed by atoms with E-state index in [-0.39, 0.29) is 23.4 Å². The van der Waals surface area contributed by atoms with Crippen LogP contribution in [-0.2, 0) is 14.8 Å². The van der Waals surface area contributed by atoms with Crippen molar-refractivity contribution in [3.63, 3.8) is 0 Å². The average molecular weight is 402 g/mol. The van der Waals surface area contributed by atoms with Gasteiger partial charge >= 0.3 is 0 Å². The van der Waals surface area contributed by atoms with E-state index in [1.807, 2.05) is 44.4 Å². The first-order valence-electron chi connectivity index (χ1n) is 9.07. The zero-order valence-electron chi connectivity index (χ0n) is 16.2. The number of likely N-dealkylation sites (N-methyl/N-ethyl adjacent to an activating group) is 2. The Bertz CT molecular complexity index is 988. The van der Waals surface area contributed by atoms with Gasteiger partial charge in [-0.05, 0) is 17.7 Å². The number of nitrogens with one attached hydrogen (secondary N) is 2. The molecule has 0 radical (unpaired) electrons. The second-order valence-electron chi connectivity index (χ2n) is 7.18. The number of quaternary nitrogens is 1. The molecule has 0 aromatic heterocycles. The number of amides is 1. The number of amidine groups is 1. The number of carbonyl (C=O) groups is 1. The summed E-state index contributed by atoms with van der Waals surface area (Å²) in [6, 6.07) is 16.3. The van der Waals surface area contributed by atoms with Crippen LogP contribution in [0.4, 0.5) is 0 Å². The first-order valence-corrected chi connectivity index (χ1v) is 10.5. The van der Waals surface area contributed by atoms with Crippen LogP contribution < -0.4 is 10.2 Å². The monoisotopic (exact) mass is 401 g/mol. The zero-order chi connectivity index (χ0) is 20.3. The minimum Gasteiger partial charge on any atom is -0.349 e. The number of fused-ring (bicyclic) bond motifs is 1. The number of nitrogens with zero attached hydrogens (tertiary/aromatic N) is 2. The van der Waals surface area contributed by atoms with E-state index < -0.39 is 10.0 Å². The summed E-state index contributed by atoms with van der Waals surface area (Å²) in [6.07, 6.45) is 0. The van der Waals surface area contributed by atoms with Crippen molar-refractivity contribution in [3.05, 3.63) is 65.7 Å². The van der Waals surface area contributed by atoms with Crippen molar-refractivity contribution in [2.24, 2.45) is 4.40 Å². The lowest BCUT2D eigenvalue weighted by Crippen LogP contribution is -3.06. The summed E-state index contributed by atoms with van der Waals surface area (Å²) < 4.78 is 28.3. The highest BCUT2D eigenvalue weighted by molar-refractivity contribution is 7.90. The molecular formula is C20H25N4O3S+. The molecule has 148 valence electrons. The van der Waals surface area contributed by atoms with E-state index in [2.05, 4.69) is 9.71 Å². The summed E-state index contributed by atoms with van der Waals surface area (Å²) in [4.78, 5) is 15.6. The Morgan fingerprint density at radius 2 is 1.75 bits per heavy atom. The zero-order valence-corrected chi connectivity index (χ0v) is 17.0. The summed E-state index contributed by atoms with van der Waals surface area (Å²) >= 11 is 0. The maximum absolute atomic E-state index is 12.7. The smallest absolute Gasteiger partial charge is 0.285 e. The molecule has 0 fully saturated rings. The molecule has 2 aromatic rings. The van der Waals surface area contributed by atoms with Gasteiger partial charge in [0.05, 0.1) is 20.6 Å². The van der Waals surface area contributed by atoms with Crippen LogP contribution in [0.1, 0.15) is 17.2 Å². The lowest BCUT2D eigenvalue weighted by molar-refractivity contribution is -0.860. The maximum atomic E-state index is 12.7. The van der Waals surface area contributed by atoms with Gasteiger partial charge in [-0.15, -0.1) is 4.40 Å². The van der Waals surface area contributed by atoms with Crippen LogP contribution in [0.3, 0.4) is 0 Å². The highest BCUT2D eigenvalue weighted by Gasteiger charge is 2.31. The summed E-state index contributed by atoms with van der Waals surface area (Å²) in [5, 5.41) is 3.06. The average Bonchev–Trinajstić information content (AvgIpc) is 2.93. The summed E-state index contributed by atoms with van der Waals surface area (Å²) in [7, 11) is 2.03. The van der Waals surface area contributed by atoms with Crippen LogP contribution in [0.5, 0.6) is 0 Å². The fourth-order valence-electron chi connectivity index (χ4n) is 3.24. The molecule has 0 saturated carbocycles. The first-order chi connectivity index (χ1) is 13.3. The predicted octanol–water partition coefficient (Wildman–Crippen LogP) is 0.0693. The van der Waals surface area contributed by atoms with Crippen molar-refractivity contribution in [3.8, 4) is 0 Å². The molecule has 1 aliphatic heterocycles. The normalized spacial score (nSPS) is 15.6. The number of sulfonamides is 1. The van der Waals surface area contributed by atoms with E-state index in [4.69, 9.17) is 0 Å². The molecule has 7 nitrogen and oxygen atoms in total. The molecule has 0 saturated heterocycles. The molecule has 2 aromatic carbocycles. The molecule has 1 heterocycles. The molecule has 0 unspecified atom stereocenters. The van der Waals surface area contributed by atoms with Gasteiger partial charge in [0.2, 0.25) is 5.91 Å². The third kappa shape index (κ3) is 4.40. The summed E-state index contributed by atoms with van der Waals surface area (Å²) in [5.41, 5.74) is 1.56. The molecule has 0 spiro atoms. The van der Waals surface area contributed by atoms with Crippen molar-refractivity contribution < 1.29 is 18.1 Å². The second-order valence-corrected chi connectivity index (χ2v) is 8.76. The molecule has 8 heteroatoms. The van der Waals surface area contributed by atoms with Crippen LogP contribution in [0.15, 0.2) is 63.9 Å². The van der Waals surface area contributed by atoms with Gasteiger partial charge in [0.1, 0.15) is 17.5 Å². The van der Waals surface area contributed by atoms with Gasteiger partial charge in [-0.2, -0.15) is 8.42 Å². The summed E-state index contributed by atoms with van der Waals surface area (Å²) in [6.45, 7) is 0.742. The molecule has 1 amide bonds. The molecular weight excluding hydrogens is 376 g/mol. The third-order valence-corrected chi connectivity index (χ3v) is 5.83.